The molecule has 0 aliphatic carbocycles. The van der Waals surface area contributed by atoms with E-state index in [1.165, 1.54) is 13.8 Å². The summed E-state index contributed by atoms with van der Waals surface area (Å²) in [4.78, 5) is 32.7. The monoisotopic (exact) mass is 276 g/mol. The molecule has 0 bridgehead atoms. The van der Waals surface area contributed by atoms with Crippen LogP contribution in [0.3, 0.4) is 0 Å². The molecule has 1 fully saturated rings. The summed E-state index contributed by atoms with van der Waals surface area (Å²) in [6.45, 7) is 3.30. The average Bonchev–Trinajstić information content (AvgIpc) is 2.53. The van der Waals surface area contributed by atoms with E-state index in [1.807, 2.05) is 0 Å². The van der Waals surface area contributed by atoms with Gasteiger partial charge < -0.3 is 24.1 Å². The molecule has 0 aromatic rings. The molecule has 19 heavy (non-hydrogen) atoms. The van der Waals surface area contributed by atoms with Crippen molar-refractivity contribution in [3.63, 3.8) is 0 Å². The minimum absolute atomic E-state index is 0.220. The highest BCUT2D eigenvalue weighted by Crippen LogP contribution is 2.26. The smallest absolute Gasteiger partial charge is 0.303 e. The van der Waals surface area contributed by atoms with Crippen LogP contribution in [0.2, 0.25) is 0 Å². The summed E-state index contributed by atoms with van der Waals surface area (Å²) < 4.78 is 19.6. The van der Waals surface area contributed by atoms with Gasteiger partial charge >= 0.3 is 17.9 Å². The molecular weight excluding hydrogens is 260 g/mol. The molecule has 0 amide bonds. The first kappa shape index (κ1) is 15.4. The Bertz CT molecular complexity index is 366. The summed E-state index contributed by atoms with van der Waals surface area (Å²) in [6.07, 6.45) is -4.53. The van der Waals surface area contributed by atoms with Gasteiger partial charge in [0.15, 0.2) is 18.5 Å². The van der Waals surface area contributed by atoms with Gasteiger partial charge in [-0.15, -0.1) is 0 Å². The first-order valence-electron chi connectivity index (χ1n) is 5.62. The molecule has 0 saturated carbocycles. The van der Waals surface area contributed by atoms with Crippen molar-refractivity contribution in [2.45, 2.75) is 45.4 Å². The summed E-state index contributed by atoms with van der Waals surface area (Å²) in [5.74, 6) is -1.83. The lowest BCUT2D eigenvalue weighted by Gasteiger charge is -2.21. The van der Waals surface area contributed by atoms with Crippen LogP contribution in [0, 0.1) is 0 Å². The third-order valence-corrected chi connectivity index (χ3v) is 2.34. The van der Waals surface area contributed by atoms with E-state index in [9.17, 15) is 19.5 Å². The van der Waals surface area contributed by atoms with Crippen molar-refractivity contribution in [1.29, 1.82) is 0 Å². The van der Waals surface area contributed by atoms with Crippen molar-refractivity contribution in [2.75, 3.05) is 6.61 Å². The standard InChI is InChI=1S/C11H16O8/c1-5(12)16-4-8-9(17-6(2)13)10(11(15)19-8)18-7(3)14/h8-11,15H,4H2,1-3H3/t8-,9+,10?,11?/m1/s1. The quantitative estimate of drug-likeness (QED) is 0.521. The molecule has 8 nitrogen and oxygen atoms in total. The Morgan fingerprint density at radius 2 is 1.53 bits per heavy atom. The van der Waals surface area contributed by atoms with E-state index in [4.69, 9.17) is 18.9 Å². The highest BCUT2D eigenvalue weighted by Gasteiger charge is 2.48. The molecule has 1 aliphatic heterocycles. The Labute approximate surface area is 109 Å². The molecule has 1 heterocycles. The highest BCUT2D eigenvalue weighted by atomic mass is 16.7. The molecule has 2 unspecified atom stereocenters. The number of esters is 3. The summed E-state index contributed by atoms with van der Waals surface area (Å²) >= 11 is 0. The molecule has 4 atom stereocenters. The van der Waals surface area contributed by atoms with Gasteiger partial charge in [0.1, 0.15) is 12.7 Å². The molecule has 1 aliphatic rings. The van der Waals surface area contributed by atoms with Crippen LogP contribution in [-0.2, 0) is 33.3 Å². The molecule has 0 aromatic heterocycles. The van der Waals surface area contributed by atoms with Crippen molar-refractivity contribution < 1.29 is 38.4 Å². The highest BCUT2D eigenvalue weighted by molar-refractivity contribution is 5.67. The van der Waals surface area contributed by atoms with Gasteiger partial charge in [0.25, 0.3) is 0 Å². The lowest BCUT2D eigenvalue weighted by Crippen LogP contribution is -2.41. The number of hydrogen-bond donors (Lipinski definition) is 1. The van der Waals surface area contributed by atoms with Crippen LogP contribution in [0.4, 0.5) is 0 Å². The fourth-order valence-electron chi connectivity index (χ4n) is 1.69. The van der Waals surface area contributed by atoms with Crippen LogP contribution in [0.15, 0.2) is 0 Å². The van der Waals surface area contributed by atoms with Gasteiger partial charge in [-0.05, 0) is 0 Å². The minimum Gasteiger partial charge on any atom is -0.463 e. The number of ether oxygens (including phenoxy) is 4. The molecule has 0 radical (unpaired) electrons. The second-order valence-electron chi connectivity index (χ2n) is 4.02. The van der Waals surface area contributed by atoms with E-state index in [-0.39, 0.29) is 6.61 Å². The van der Waals surface area contributed by atoms with Crippen molar-refractivity contribution in [3.05, 3.63) is 0 Å². The van der Waals surface area contributed by atoms with Crippen LogP contribution in [-0.4, -0.2) is 54.2 Å². The average molecular weight is 276 g/mol. The van der Waals surface area contributed by atoms with Crippen molar-refractivity contribution in [3.8, 4) is 0 Å². The Morgan fingerprint density at radius 1 is 1.00 bits per heavy atom. The van der Waals surface area contributed by atoms with Crippen molar-refractivity contribution in [1.82, 2.24) is 0 Å². The summed E-state index contributed by atoms with van der Waals surface area (Å²) in [7, 11) is 0. The van der Waals surface area contributed by atoms with Crippen molar-refractivity contribution in [2.24, 2.45) is 0 Å². The largest absolute Gasteiger partial charge is 0.463 e. The molecule has 1 N–H and O–H groups in total. The van der Waals surface area contributed by atoms with Gasteiger partial charge in [-0.2, -0.15) is 0 Å². The van der Waals surface area contributed by atoms with Crippen LogP contribution in [0.25, 0.3) is 0 Å². The zero-order valence-electron chi connectivity index (χ0n) is 10.8. The van der Waals surface area contributed by atoms with Gasteiger partial charge in [0.05, 0.1) is 0 Å². The van der Waals surface area contributed by atoms with E-state index in [0.717, 1.165) is 6.92 Å². The SMILES string of the molecule is CC(=O)OC[C@H]1OC(O)C(OC(C)=O)[C@H]1OC(C)=O. The van der Waals surface area contributed by atoms with Gasteiger partial charge in [-0.25, -0.2) is 0 Å². The van der Waals surface area contributed by atoms with Gasteiger partial charge in [0, 0.05) is 20.8 Å². The van der Waals surface area contributed by atoms with E-state index in [0.29, 0.717) is 0 Å². The fourth-order valence-corrected chi connectivity index (χ4v) is 1.69. The Kier molecular flexibility index (Phi) is 5.25. The van der Waals surface area contributed by atoms with Crippen LogP contribution < -0.4 is 0 Å². The summed E-state index contributed by atoms with van der Waals surface area (Å²) in [5.41, 5.74) is 0. The number of carbonyl (C=O) groups excluding carboxylic acids is 3. The summed E-state index contributed by atoms with van der Waals surface area (Å²) in [6, 6.07) is 0. The maximum atomic E-state index is 11.0. The normalized spacial score (nSPS) is 29.7. The lowest BCUT2D eigenvalue weighted by atomic mass is 10.1. The topological polar surface area (TPSA) is 108 Å². The molecule has 108 valence electrons. The first-order valence-corrected chi connectivity index (χ1v) is 5.62. The fraction of sp³-hybridized carbons (Fsp3) is 0.727. The lowest BCUT2D eigenvalue weighted by molar-refractivity contribution is -0.174. The van der Waals surface area contributed by atoms with Gasteiger partial charge in [0.2, 0.25) is 0 Å². The van der Waals surface area contributed by atoms with E-state index in [1.54, 1.807) is 0 Å². The van der Waals surface area contributed by atoms with Gasteiger partial charge in [-0.3, -0.25) is 14.4 Å². The van der Waals surface area contributed by atoms with E-state index >= 15 is 0 Å². The zero-order valence-corrected chi connectivity index (χ0v) is 10.8. The number of carbonyl (C=O) groups is 3. The molecule has 1 rings (SSSR count). The second-order valence-corrected chi connectivity index (χ2v) is 4.02. The molecule has 0 spiro atoms. The maximum absolute atomic E-state index is 11.0. The molecule has 1 saturated heterocycles. The minimum atomic E-state index is -1.45. The number of aliphatic hydroxyl groups excluding tert-OH is 1. The number of hydrogen-bond acceptors (Lipinski definition) is 8. The maximum Gasteiger partial charge on any atom is 0.303 e. The molecular formula is C11H16O8. The zero-order chi connectivity index (χ0) is 14.6. The third kappa shape index (κ3) is 4.49. The van der Waals surface area contributed by atoms with E-state index in [2.05, 4.69) is 0 Å². The molecule has 0 aromatic carbocycles. The Balaban J connectivity index is 2.76. The van der Waals surface area contributed by atoms with Crippen LogP contribution >= 0.6 is 0 Å². The van der Waals surface area contributed by atoms with Crippen LogP contribution in [0.1, 0.15) is 20.8 Å². The second kappa shape index (κ2) is 6.48. The summed E-state index contributed by atoms with van der Waals surface area (Å²) in [5, 5.41) is 9.63. The van der Waals surface area contributed by atoms with Crippen molar-refractivity contribution >= 4 is 17.9 Å². The Morgan fingerprint density at radius 3 is 2.00 bits per heavy atom. The first-order chi connectivity index (χ1) is 8.81. The van der Waals surface area contributed by atoms with E-state index < -0.39 is 42.5 Å². The van der Waals surface area contributed by atoms with Gasteiger partial charge in [-0.1, -0.05) is 0 Å². The predicted octanol–water partition coefficient (Wildman–Crippen LogP) is -0.870. The molecule has 8 heteroatoms. The number of aliphatic hydroxyl groups is 1. The van der Waals surface area contributed by atoms with Crippen LogP contribution in [0.5, 0.6) is 0 Å². The predicted molar refractivity (Wildman–Crippen MR) is 58.6 cm³/mol. The Hall–Kier alpha value is -1.67. The third-order valence-electron chi connectivity index (χ3n) is 2.34. The number of rotatable bonds is 4.